The van der Waals surface area contributed by atoms with Crippen LogP contribution in [0, 0.1) is 0 Å². The molecule has 0 aliphatic heterocycles. The van der Waals surface area contributed by atoms with Crippen LogP contribution >= 0.6 is 15.9 Å². The summed E-state index contributed by atoms with van der Waals surface area (Å²) in [5.74, 6) is -0.0376. The van der Waals surface area contributed by atoms with Crippen LogP contribution in [0.15, 0.2) is 64.2 Å². The largest absolute Gasteiger partial charge is 0.504 e. The summed E-state index contributed by atoms with van der Waals surface area (Å²) in [5.41, 5.74) is 3.78. The normalized spacial score (nSPS) is 12.1. The third kappa shape index (κ3) is 4.43. The van der Waals surface area contributed by atoms with Gasteiger partial charge in [-0.3, -0.25) is 4.79 Å². The minimum Gasteiger partial charge on any atom is -0.504 e. The molecule has 6 nitrogen and oxygen atoms in total. The standard InChI is InChI=1S/C21H20BrN3O3/c1-13(24-18-9-5-7-14-6-3-4-8-17(14)18)21(27)25-23-12-15-10-16(22)11-19(28-2)20(15)26/h3-13,24,26H,1-2H3,(H,25,27)/b23-12-/t13-/m1/s1. The number of methoxy groups -OCH3 is 1. The van der Waals surface area contributed by atoms with Crippen molar-refractivity contribution in [3.05, 3.63) is 64.6 Å². The number of anilines is 1. The number of ether oxygens (including phenoxy) is 1. The second-order valence-corrected chi connectivity index (χ2v) is 7.09. The predicted molar refractivity (Wildman–Crippen MR) is 115 cm³/mol. The van der Waals surface area contributed by atoms with Crippen LogP contribution in [0.3, 0.4) is 0 Å². The number of fused-ring (bicyclic) bond motifs is 1. The monoisotopic (exact) mass is 441 g/mol. The minimum absolute atomic E-state index is 0.0503. The molecule has 0 unspecified atom stereocenters. The summed E-state index contributed by atoms with van der Waals surface area (Å²) in [6.45, 7) is 1.76. The Morgan fingerprint density at radius 3 is 2.75 bits per heavy atom. The Morgan fingerprint density at radius 1 is 1.21 bits per heavy atom. The average molecular weight is 442 g/mol. The molecular formula is C21H20BrN3O3. The van der Waals surface area contributed by atoms with Crippen molar-refractivity contribution in [3.63, 3.8) is 0 Å². The van der Waals surface area contributed by atoms with Crippen LogP contribution in [-0.4, -0.2) is 30.4 Å². The van der Waals surface area contributed by atoms with Gasteiger partial charge in [-0.2, -0.15) is 5.10 Å². The molecule has 3 rings (SSSR count). The summed E-state index contributed by atoms with van der Waals surface area (Å²) >= 11 is 3.34. The van der Waals surface area contributed by atoms with Crippen molar-refractivity contribution in [1.29, 1.82) is 0 Å². The minimum atomic E-state index is -0.506. The van der Waals surface area contributed by atoms with Crippen molar-refractivity contribution in [2.75, 3.05) is 12.4 Å². The Balaban J connectivity index is 1.68. The molecule has 3 N–H and O–H groups in total. The van der Waals surface area contributed by atoms with E-state index in [2.05, 4.69) is 31.8 Å². The second kappa shape index (κ2) is 8.75. The number of carbonyl (C=O) groups is 1. The Morgan fingerprint density at radius 2 is 1.96 bits per heavy atom. The number of rotatable bonds is 6. The summed E-state index contributed by atoms with van der Waals surface area (Å²) < 4.78 is 5.82. The number of hydrazone groups is 1. The highest BCUT2D eigenvalue weighted by Crippen LogP contribution is 2.32. The average Bonchev–Trinajstić information content (AvgIpc) is 2.70. The summed E-state index contributed by atoms with van der Waals surface area (Å²) in [6.07, 6.45) is 1.37. The van der Waals surface area contributed by atoms with Crippen LogP contribution in [0.1, 0.15) is 12.5 Å². The van der Waals surface area contributed by atoms with Gasteiger partial charge >= 0.3 is 0 Å². The first-order valence-corrected chi connectivity index (χ1v) is 9.42. The Hall–Kier alpha value is -3.06. The smallest absolute Gasteiger partial charge is 0.262 e. The van der Waals surface area contributed by atoms with Crippen LogP contribution < -0.4 is 15.5 Å². The van der Waals surface area contributed by atoms with Gasteiger partial charge in [0.2, 0.25) is 0 Å². The van der Waals surface area contributed by atoms with Gasteiger partial charge in [-0.05, 0) is 30.5 Å². The highest BCUT2D eigenvalue weighted by atomic mass is 79.9. The molecule has 1 amide bonds. The fraction of sp³-hybridized carbons (Fsp3) is 0.143. The SMILES string of the molecule is COc1cc(Br)cc(/C=N\NC(=O)[C@@H](C)Nc2cccc3ccccc23)c1O. The highest BCUT2D eigenvalue weighted by molar-refractivity contribution is 9.10. The molecule has 0 bridgehead atoms. The summed E-state index contributed by atoms with van der Waals surface area (Å²) in [7, 11) is 1.46. The predicted octanol–water partition coefficient (Wildman–Crippen LogP) is 4.27. The van der Waals surface area contributed by atoms with Crippen molar-refractivity contribution in [1.82, 2.24) is 5.43 Å². The maximum Gasteiger partial charge on any atom is 0.262 e. The molecule has 1 atom stereocenters. The van der Waals surface area contributed by atoms with E-state index in [0.29, 0.717) is 11.3 Å². The first kappa shape index (κ1) is 19.7. The van der Waals surface area contributed by atoms with Gasteiger partial charge in [0.25, 0.3) is 5.91 Å². The fourth-order valence-corrected chi connectivity index (χ4v) is 3.22. The van der Waals surface area contributed by atoms with Gasteiger partial charge in [0.1, 0.15) is 6.04 Å². The molecule has 0 aliphatic carbocycles. The number of nitrogens with zero attached hydrogens (tertiary/aromatic N) is 1. The Labute approximate surface area is 171 Å². The molecule has 3 aromatic carbocycles. The fourth-order valence-electron chi connectivity index (χ4n) is 2.76. The maximum absolute atomic E-state index is 12.4. The number of phenols is 1. The molecule has 0 aliphatic rings. The number of aromatic hydroxyl groups is 1. The molecule has 0 heterocycles. The van der Waals surface area contributed by atoms with E-state index >= 15 is 0 Å². The first-order valence-electron chi connectivity index (χ1n) is 8.63. The van der Waals surface area contributed by atoms with E-state index in [-0.39, 0.29) is 11.7 Å². The lowest BCUT2D eigenvalue weighted by Crippen LogP contribution is -2.34. The van der Waals surface area contributed by atoms with Gasteiger partial charge < -0.3 is 15.2 Å². The summed E-state index contributed by atoms with van der Waals surface area (Å²) in [6, 6.07) is 16.7. The summed E-state index contributed by atoms with van der Waals surface area (Å²) in [4.78, 5) is 12.4. The lowest BCUT2D eigenvalue weighted by Gasteiger charge is -2.15. The second-order valence-electron chi connectivity index (χ2n) is 6.17. The van der Waals surface area contributed by atoms with Gasteiger partial charge in [-0.1, -0.05) is 52.3 Å². The van der Waals surface area contributed by atoms with Crippen molar-refractivity contribution in [2.24, 2.45) is 5.10 Å². The molecule has 0 saturated carbocycles. The van der Waals surface area contributed by atoms with Crippen LogP contribution in [0.2, 0.25) is 0 Å². The topological polar surface area (TPSA) is 83.0 Å². The van der Waals surface area contributed by atoms with Gasteiger partial charge in [0, 0.05) is 21.1 Å². The van der Waals surface area contributed by atoms with Crippen LogP contribution in [0.5, 0.6) is 11.5 Å². The molecule has 28 heavy (non-hydrogen) atoms. The quantitative estimate of drug-likeness (QED) is 0.394. The van der Waals surface area contributed by atoms with Crippen LogP contribution in [-0.2, 0) is 4.79 Å². The van der Waals surface area contributed by atoms with E-state index in [0.717, 1.165) is 20.9 Å². The lowest BCUT2D eigenvalue weighted by atomic mass is 10.1. The lowest BCUT2D eigenvalue weighted by molar-refractivity contribution is -0.121. The zero-order chi connectivity index (χ0) is 20.1. The van der Waals surface area contributed by atoms with Crippen molar-refractivity contribution < 1.29 is 14.6 Å². The first-order chi connectivity index (χ1) is 13.5. The Bertz CT molecular complexity index is 1030. The number of carbonyl (C=O) groups excluding carboxylic acids is 1. The molecule has 144 valence electrons. The highest BCUT2D eigenvalue weighted by Gasteiger charge is 2.13. The molecule has 0 aromatic heterocycles. The van der Waals surface area contributed by atoms with Gasteiger partial charge in [-0.15, -0.1) is 0 Å². The third-order valence-electron chi connectivity index (χ3n) is 4.22. The zero-order valence-electron chi connectivity index (χ0n) is 15.4. The van der Waals surface area contributed by atoms with Gasteiger partial charge in [0.15, 0.2) is 11.5 Å². The van der Waals surface area contributed by atoms with E-state index in [1.54, 1.807) is 19.1 Å². The number of halogens is 1. The molecule has 0 fully saturated rings. The number of phenolic OH excluding ortho intramolecular Hbond substituents is 1. The molecule has 7 heteroatoms. The maximum atomic E-state index is 12.4. The number of amides is 1. The van der Waals surface area contributed by atoms with Gasteiger partial charge in [-0.25, -0.2) is 5.43 Å². The van der Waals surface area contributed by atoms with Crippen molar-refractivity contribution >= 4 is 44.5 Å². The van der Waals surface area contributed by atoms with E-state index in [9.17, 15) is 9.90 Å². The zero-order valence-corrected chi connectivity index (χ0v) is 17.0. The van der Waals surface area contributed by atoms with E-state index in [4.69, 9.17) is 4.74 Å². The van der Waals surface area contributed by atoms with E-state index in [1.165, 1.54) is 13.3 Å². The molecule has 0 radical (unpaired) electrons. The molecular weight excluding hydrogens is 422 g/mol. The van der Waals surface area contributed by atoms with E-state index < -0.39 is 6.04 Å². The van der Waals surface area contributed by atoms with Crippen molar-refractivity contribution in [2.45, 2.75) is 13.0 Å². The van der Waals surface area contributed by atoms with Crippen molar-refractivity contribution in [3.8, 4) is 11.5 Å². The van der Waals surface area contributed by atoms with Crippen LogP contribution in [0.4, 0.5) is 5.69 Å². The summed E-state index contributed by atoms with van der Waals surface area (Å²) in [5, 5.41) is 19.4. The Kier molecular flexibility index (Phi) is 6.16. The number of hydrogen-bond donors (Lipinski definition) is 3. The molecule has 0 spiro atoms. The molecule has 3 aromatic rings. The molecule has 0 saturated heterocycles. The number of hydrogen-bond acceptors (Lipinski definition) is 5. The van der Waals surface area contributed by atoms with Gasteiger partial charge in [0.05, 0.1) is 13.3 Å². The number of benzene rings is 3. The third-order valence-corrected chi connectivity index (χ3v) is 4.68. The number of nitrogens with one attached hydrogen (secondary N) is 2. The van der Waals surface area contributed by atoms with Crippen LogP contribution in [0.25, 0.3) is 10.8 Å². The van der Waals surface area contributed by atoms with E-state index in [1.807, 2.05) is 42.5 Å².